The van der Waals surface area contributed by atoms with Gasteiger partial charge in [0.1, 0.15) is 6.54 Å². The molecule has 0 aliphatic heterocycles. The number of hydrogen-bond acceptors (Lipinski definition) is 1. The lowest BCUT2D eigenvalue weighted by Gasteiger charge is -2.15. The molecule has 0 atom stereocenters. The van der Waals surface area contributed by atoms with Crippen molar-refractivity contribution in [3.8, 4) is 6.07 Å². The van der Waals surface area contributed by atoms with E-state index in [9.17, 15) is 0 Å². The zero-order valence-corrected chi connectivity index (χ0v) is 8.88. The fraction of sp³-hybridized carbons (Fsp3) is 0.417. The molecule has 0 heterocycles. The lowest BCUT2D eigenvalue weighted by Crippen LogP contribution is -3.10. The number of benzene rings is 1. The largest absolute Gasteiger partial charge is 0.332 e. The smallest absolute Gasteiger partial charge is 0.104 e. The minimum atomic E-state index is 0.812. The fourth-order valence-corrected chi connectivity index (χ4v) is 1.55. The Balaban J connectivity index is 2.80. The Labute approximate surface area is 85.8 Å². The molecule has 0 bridgehead atoms. The van der Waals surface area contributed by atoms with Crippen molar-refractivity contribution in [3.05, 3.63) is 35.4 Å². The summed E-state index contributed by atoms with van der Waals surface area (Å²) in [6, 6.07) is 10.1. The molecule has 1 N–H and O–H groups in total. The Hall–Kier alpha value is -1.33. The van der Waals surface area contributed by atoms with Gasteiger partial charge in [-0.3, -0.25) is 0 Å². The molecule has 0 spiro atoms. The SMILES string of the molecule is CC[NH+](CC)Cc1ccccc1C#N. The number of nitrogens with one attached hydrogen (secondary N) is 1. The summed E-state index contributed by atoms with van der Waals surface area (Å²) in [5, 5.41) is 8.92. The number of hydrogen-bond donors (Lipinski definition) is 1. The molecule has 0 fully saturated rings. The van der Waals surface area contributed by atoms with Crippen LogP contribution >= 0.6 is 0 Å². The number of nitrogens with zero attached hydrogens (tertiary/aromatic N) is 1. The summed E-state index contributed by atoms with van der Waals surface area (Å²) < 4.78 is 0. The van der Waals surface area contributed by atoms with E-state index in [1.807, 2.05) is 24.3 Å². The van der Waals surface area contributed by atoms with Crippen molar-refractivity contribution in [2.45, 2.75) is 20.4 Å². The first-order chi connectivity index (χ1) is 6.81. The Kier molecular flexibility index (Phi) is 4.15. The predicted molar refractivity (Wildman–Crippen MR) is 56.9 cm³/mol. The average molecular weight is 189 g/mol. The molecule has 0 saturated heterocycles. The van der Waals surface area contributed by atoms with Crippen molar-refractivity contribution < 1.29 is 4.90 Å². The number of rotatable bonds is 4. The predicted octanol–water partition coefficient (Wildman–Crippen LogP) is 0.983. The fourth-order valence-electron chi connectivity index (χ4n) is 1.55. The third-order valence-electron chi connectivity index (χ3n) is 2.58. The van der Waals surface area contributed by atoms with E-state index in [0.29, 0.717) is 0 Å². The van der Waals surface area contributed by atoms with E-state index in [0.717, 1.165) is 30.8 Å². The Morgan fingerprint density at radius 1 is 1.21 bits per heavy atom. The Bertz CT molecular complexity index is 321. The van der Waals surface area contributed by atoms with Crippen molar-refractivity contribution in [2.75, 3.05) is 13.1 Å². The first-order valence-corrected chi connectivity index (χ1v) is 5.13. The maximum absolute atomic E-state index is 8.92. The summed E-state index contributed by atoms with van der Waals surface area (Å²) in [5.74, 6) is 0. The van der Waals surface area contributed by atoms with Crippen LogP contribution in [0, 0.1) is 11.3 Å². The standard InChI is InChI=1S/C12H16N2/c1-3-14(4-2)10-12-8-6-5-7-11(12)9-13/h5-8H,3-4,10H2,1-2H3/p+1. The molecule has 74 valence electrons. The van der Waals surface area contributed by atoms with Crippen molar-refractivity contribution >= 4 is 0 Å². The molecule has 1 rings (SSSR count). The highest BCUT2D eigenvalue weighted by Crippen LogP contribution is 2.05. The number of nitriles is 1. The van der Waals surface area contributed by atoms with E-state index in [1.165, 1.54) is 4.90 Å². The van der Waals surface area contributed by atoms with Crippen LogP contribution in [0.5, 0.6) is 0 Å². The van der Waals surface area contributed by atoms with Gasteiger partial charge in [0.25, 0.3) is 0 Å². The van der Waals surface area contributed by atoms with E-state index in [-0.39, 0.29) is 0 Å². The zero-order valence-electron chi connectivity index (χ0n) is 8.88. The zero-order chi connectivity index (χ0) is 10.4. The molecule has 0 aromatic heterocycles. The second kappa shape index (κ2) is 5.41. The summed E-state index contributed by atoms with van der Waals surface area (Å²) in [6.07, 6.45) is 0. The lowest BCUT2D eigenvalue weighted by molar-refractivity contribution is -0.910. The molecular formula is C12H17N2+. The van der Waals surface area contributed by atoms with Crippen LogP contribution in [0.2, 0.25) is 0 Å². The van der Waals surface area contributed by atoms with E-state index in [2.05, 4.69) is 19.9 Å². The van der Waals surface area contributed by atoms with Gasteiger partial charge in [0.15, 0.2) is 0 Å². The van der Waals surface area contributed by atoms with Crippen LogP contribution in [0.25, 0.3) is 0 Å². The maximum Gasteiger partial charge on any atom is 0.104 e. The summed E-state index contributed by atoms with van der Waals surface area (Å²) in [4.78, 5) is 1.51. The van der Waals surface area contributed by atoms with Gasteiger partial charge in [-0.25, -0.2) is 0 Å². The topological polar surface area (TPSA) is 28.2 Å². The van der Waals surface area contributed by atoms with Gasteiger partial charge in [-0.15, -0.1) is 0 Å². The van der Waals surface area contributed by atoms with Gasteiger partial charge < -0.3 is 4.90 Å². The van der Waals surface area contributed by atoms with Gasteiger partial charge in [-0.05, 0) is 19.9 Å². The number of quaternary nitrogens is 1. The molecule has 2 heteroatoms. The lowest BCUT2D eigenvalue weighted by atomic mass is 10.1. The molecule has 0 aliphatic carbocycles. The van der Waals surface area contributed by atoms with Gasteiger partial charge in [0, 0.05) is 5.56 Å². The minimum Gasteiger partial charge on any atom is -0.332 e. The Morgan fingerprint density at radius 2 is 1.86 bits per heavy atom. The second-order valence-corrected chi connectivity index (χ2v) is 3.40. The van der Waals surface area contributed by atoms with E-state index < -0.39 is 0 Å². The molecule has 0 radical (unpaired) electrons. The van der Waals surface area contributed by atoms with Crippen molar-refractivity contribution in [2.24, 2.45) is 0 Å². The monoisotopic (exact) mass is 189 g/mol. The van der Waals surface area contributed by atoms with Crippen LogP contribution in [0.3, 0.4) is 0 Å². The van der Waals surface area contributed by atoms with Gasteiger partial charge in [0.2, 0.25) is 0 Å². The van der Waals surface area contributed by atoms with Crippen LogP contribution < -0.4 is 4.90 Å². The third-order valence-corrected chi connectivity index (χ3v) is 2.58. The van der Waals surface area contributed by atoms with Crippen LogP contribution in [0.4, 0.5) is 0 Å². The normalized spacial score (nSPS) is 10.1. The van der Waals surface area contributed by atoms with Gasteiger partial charge in [-0.2, -0.15) is 5.26 Å². The molecule has 0 amide bonds. The second-order valence-electron chi connectivity index (χ2n) is 3.40. The van der Waals surface area contributed by atoms with Crippen LogP contribution in [0.1, 0.15) is 25.0 Å². The quantitative estimate of drug-likeness (QED) is 0.751. The molecule has 1 aromatic rings. The molecule has 2 nitrogen and oxygen atoms in total. The highest BCUT2D eigenvalue weighted by molar-refractivity contribution is 5.36. The van der Waals surface area contributed by atoms with E-state index >= 15 is 0 Å². The van der Waals surface area contributed by atoms with Gasteiger partial charge in [-0.1, -0.05) is 18.2 Å². The van der Waals surface area contributed by atoms with Crippen molar-refractivity contribution in [1.82, 2.24) is 0 Å². The first-order valence-electron chi connectivity index (χ1n) is 5.13. The third kappa shape index (κ3) is 2.58. The van der Waals surface area contributed by atoms with E-state index in [4.69, 9.17) is 5.26 Å². The van der Waals surface area contributed by atoms with Gasteiger partial charge >= 0.3 is 0 Å². The highest BCUT2D eigenvalue weighted by atomic mass is 15.1. The minimum absolute atomic E-state index is 0.812. The molecular weight excluding hydrogens is 172 g/mol. The summed E-state index contributed by atoms with van der Waals surface area (Å²) in [5.41, 5.74) is 1.97. The Morgan fingerprint density at radius 3 is 2.43 bits per heavy atom. The van der Waals surface area contributed by atoms with Crippen LogP contribution in [-0.4, -0.2) is 13.1 Å². The first kappa shape index (κ1) is 10.7. The maximum atomic E-state index is 8.92. The summed E-state index contributed by atoms with van der Waals surface area (Å²) in [7, 11) is 0. The molecule has 1 aromatic carbocycles. The molecule has 14 heavy (non-hydrogen) atoms. The molecule has 0 unspecified atom stereocenters. The summed E-state index contributed by atoms with van der Waals surface area (Å²) >= 11 is 0. The average Bonchev–Trinajstić information content (AvgIpc) is 2.26. The van der Waals surface area contributed by atoms with Crippen molar-refractivity contribution in [3.63, 3.8) is 0 Å². The summed E-state index contributed by atoms with van der Waals surface area (Å²) in [6.45, 7) is 7.52. The van der Waals surface area contributed by atoms with Crippen LogP contribution in [0.15, 0.2) is 24.3 Å². The molecule has 0 saturated carbocycles. The van der Waals surface area contributed by atoms with Gasteiger partial charge in [0.05, 0.1) is 24.7 Å². The molecule has 0 aliphatic rings. The highest BCUT2D eigenvalue weighted by Gasteiger charge is 2.07. The van der Waals surface area contributed by atoms with Crippen LogP contribution in [-0.2, 0) is 6.54 Å². The van der Waals surface area contributed by atoms with E-state index in [1.54, 1.807) is 0 Å². The van der Waals surface area contributed by atoms with Crippen molar-refractivity contribution in [1.29, 1.82) is 5.26 Å².